The fraction of sp³-hybridized carbons (Fsp3) is 0.619. The van der Waals surface area contributed by atoms with E-state index in [0.29, 0.717) is 18.8 Å². The van der Waals surface area contributed by atoms with Gasteiger partial charge in [-0.25, -0.2) is 0 Å². The van der Waals surface area contributed by atoms with Crippen molar-refractivity contribution < 1.29 is 19.1 Å². The summed E-state index contributed by atoms with van der Waals surface area (Å²) in [4.78, 5) is 23.4. The van der Waals surface area contributed by atoms with Crippen LogP contribution in [0.3, 0.4) is 0 Å². The molecular weight excluding hydrogens is 316 g/mol. The van der Waals surface area contributed by atoms with Crippen molar-refractivity contribution in [1.82, 2.24) is 0 Å². The summed E-state index contributed by atoms with van der Waals surface area (Å²) in [5.41, 5.74) is 1.04. The maximum Gasteiger partial charge on any atom is 0.311 e. The fourth-order valence-electron chi connectivity index (χ4n) is 2.56. The maximum atomic E-state index is 11.7. The van der Waals surface area contributed by atoms with Gasteiger partial charge in [0, 0.05) is 12.8 Å². The Bertz CT molecular complexity index is 510. The normalized spacial score (nSPS) is 10.5. The van der Waals surface area contributed by atoms with E-state index in [9.17, 15) is 9.59 Å². The highest BCUT2D eigenvalue weighted by Gasteiger charge is 2.08. The minimum atomic E-state index is -0.314. The molecule has 0 aliphatic rings. The summed E-state index contributed by atoms with van der Waals surface area (Å²) in [6.07, 6.45) is 9.33. The smallest absolute Gasteiger partial charge is 0.311 e. The predicted octanol–water partition coefficient (Wildman–Crippen LogP) is 5.36. The van der Waals surface area contributed by atoms with E-state index in [2.05, 4.69) is 6.92 Å². The average Bonchev–Trinajstić information content (AvgIpc) is 2.57. The Hall–Kier alpha value is -1.84. The van der Waals surface area contributed by atoms with Gasteiger partial charge in [-0.1, -0.05) is 57.6 Å². The topological polar surface area (TPSA) is 52.6 Å². The first-order valence-corrected chi connectivity index (χ1v) is 9.54. The van der Waals surface area contributed by atoms with Gasteiger partial charge in [0.05, 0.1) is 6.61 Å². The maximum absolute atomic E-state index is 11.7. The monoisotopic (exact) mass is 348 g/mol. The first-order valence-electron chi connectivity index (χ1n) is 9.54. The van der Waals surface area contributed by atoms with Crippen molar-refractivity contribution in [3.63, 3.8) is 0 Å². The molecule has 140 valence electrons. The van der Waals surface area contributed by atoms with Gasteiger partial charge in [0.25, 0.3) is 0 Å². The second kappa shape index (κ2) is 13.5. The van der Waals surface area contributed by atoms with Crippen LogP contribution in [-0.4, -0.2) is 18.5 Å². The molecule has 0 N–H and O–H groups in total. The highest BCUT2D eigenvalue weighted by Crippen LogP contribution is 2.14. The van der Waals surface area contributed by atoms with Crippen LogP contribution < -0.4 is 4.74 Å². The SMILES string of the molecule is CCCCCCCCCOC(=O)CCCC(=O)Oc1cccc(C)c1. The number of carbonyl (C=O) groups excluding carboxylic acids is 2. The molecule has 0 atom stereocenters. The van der Waals surface area contributed by atoms with E-state index >= 15 is 0 Å². The number of benzene rings is 1. The molecular formula is C21H32O4. The van der Waals surface area contributed by atoms with Crippen molar-refractivity contribution in [2.75, 3.05) is 6.61 Å². The fourth-order valence-corrected chi connectivity index (χ4v) is 2.56. The summed E-state index contributed by atoms with van der Waals surface area (Å²) in [5.74, 6) is 0.00586. The van der Waals surface area contributed by atoms with Crippen molar-refractivity contribution in [1.29, 1.82) is 0 Å². The molecule has 0 amide bonds. The number of hydrogen-bond acceptors (Lipinski definition) is 4. The van der Waals surface area contributed by atoms with Crippen molar-refractivity contribution in [2.45, 2.75) is 78.1 Å². The lowest BCUT2D eigenvalue weighted by molar-refractivity contribution is -0.144. The number of esters is 2. The predicted molar refractivity (Wildman–Crippen MR) is 99.6 cm³/mol. The Kier molecular flexibility index (Phi) is 11.4. The van der Waals surface area contributed by atoms with Gasteiger partial charge in [0.2, 0.25) is 0 Å². The zero-order chi connectivity index (χ0) is 18.3. The molecule has 0 aromatic heterocycles. The average molecular weight is 348 g/mol. The minimum Gasteiger partial charge on any atom is -0.466 e. The molecule has 0 saturated heterocycles. The molecule has 0 fully saturated rings. The summed E-state index contributed by atoms with van der Waals surface area (Å²) < 4.78 is 10.4. The largest absolute Gasteiger partial charge is 0.466 e. The Morgan fingerprint density at radius 2 is 1.56 bits per heavy atom. The van der Waals surface area contributed by atoms with Gasteiger partial charge >= 0.3 is 11.9 Å². The molecule has 1 aromatic carbocycles. The molecule has 0 aliphatic heterocycles. The van der Waals surface area contributed by atoms with E-state index in [0.717, 1.165) is 18.4 Å². The Morgan fingerprint density at radius 1 is 0.880 bits per heavy atom. The van der Waals surface area contributed by atoms with E-state index in [4.69, 9.17) is 9.47 Å². The summed E-state index contributed by atoms with van der Waals surface area (Å²) >= 11 is 0. The Morgan fingerprint density at radius 3 is 2.28 bits per heavy atom. The third kappa shape index (κ3) is 11.4. The van der Waals surface area contributed by atoms with Crippen molar-refractivity contribution in [3.8, 4) is 5.75 Å². The number of carbonyl (C=O) groups is 2. The van der Waals surface area contributed by atoms with Gasteiger partial charge < -0.3 is 9.47 Å². The molecule has 1 rings (SSSR count). The molecule has 0 saturated carbocycles. The molecule has 4 heteroatoms. The summed E-state index contributed by atoms with van der Waals surface area (Å²) in [6, 6.07) is 7.35. The molecule has 1 aromatic rings. The third-order valence-corrected chi connectivity index (χ3v) is 3.99. The quantitative estimate of drug-likeness (QED) is 0.273. The van der Waals surface area contributed by atoms with Gasteiger partial charge in [0.1, 0.15) is 5.75 Å². The van der Waals surface area contributed by atoms with Crippen LogP contribution in [0.15, 0.2) is 24.3 Å². The minimum absolute atomic E-state index is 0.223. The summed E-state index contributed by atoms with van der Waals surface area (Å²) in [7, 11) is 0. The van der Waals surface area contributed by atoms with Gasteiger partial charge in [0.15, 0.2) is 0 Å². The van der Waals surface area contributed by atoms with Crippen LogP contribution in [0.4, 0.5) is 0 Å². The molecule has 0 unspecified atom stereocenters. The standard InChI is InChI=1S/C21H32O4/c1-3-4-5-6-7-8-9-16-24-20(22)14-11-15-21(23)25-19-13-10-12-18(2)17-19/h10,12-13,17H,3-9,11,14-16H2,1-2H3. The van der Waals surface area contributed by atoms with Gasteiger partial charge in [-0.15, -0.1) is 0 Å². The van der Waals surface area contributed by atoms with Gasteiger partial charge in [-0.05, 0) is 37.5 Å². The summed E-state index contributed by atoms with van der Waals surface area (Å²) in [5, 5.41) is 0. The van der Waals surface area contributed by atoms with Crippen LogP contribution >= 0.6 is 0 Å². The van der Waals surface area contributed by atoms with Gasteiger partial charge in [-0.2, -0.15) is 0 Å². The first-order chi connectivity index (χ1) is 12.1. The molecule has 0 heterocycles. The van der Waals surface area contributed by atoms with E-state index in [-0.39, 0.29) is 24.8 Å². The second-order valence-electron chi connectivity index (χ2n) is 6.49. The van der Waals surface area contributed by atoms with Crippen LogP contribution in [-0.2, 0) is 14.3 Å². The van der Waals surface area contributed by atoms with Crippen LogP contribution in [0.1, 0.15) is 76.7 Å². The Balaban J connectivity index is 2.00. The number of rotatable bonds is 13. The molecule has 0 radical (unpaired) electrons. The second-order valence-corrected chi connectivity index (χ2v) is 6.49. The van der Waals surface area contributed by atoms with Crippen LogP contribution in [0.2, 0.25) is 0 Å². The van der Waals surface area contributed by atoms with Crippen LogP contribution in [0.25, 0.3) is 0 Å². The van der Waals surface area contributed by atoms with E-state index < -0.39 is 0 Å². The third-order valence-electron chi connectivity index (χ3n) is 3.99. The van der Waals surface area contributed by atoms with Crippen molar-refractivity contribution in [3.05, 3.63) is 29.8 Å². The molecule has 25 heavy (non-hydrogen) atoms. The number of hydrogen-bond donors (Lipinski definition) is 0. The van der Waals surface area contributed by atoms with Gasteiger partial charge in [-0.3, -0.25) is 9.59 Å². The molecule has 0 bridgehead atoms. The lowest BCUT2D eigenvalue weighted by Crippen LogP contribution is -2.10. The molecule has 4 nitrogen and oxygen atoms in total. The number of unbranched alkanes of at least 4 members (excludes halogenated alkanes) is 6. The van der Waals surface area contributed by atoms with E-state index in [1.54, 1.807) is 6.07 Å². The van der Waals surface area contributed by atoms with Crippen LogP contribution in [0, 0.1) is 6.92 Å². The van der Waals surface area contributed by atoms with Crippen LogP contribution in [0.5, 0.6) is 5.75 Å². The van der Waals surface area contributed by atoms with Crippen molar-refractivity contribution >= 4 is 11.9 Å². The summed E-state index contributed by atoms with van der Waals surface area (Å²) in [6.45, 7) is 4.64. The van der Waals surface area contributed by atoms with E-state index in [1.165, 1.54) is 32.1 Å². The zero-order valence-corrected chi connectivity index (χ0v) is 15.7. The lowest BCUT2D eigenvalue weighted by atomic mass is 10.1. The number of ether oxygens (including phenoxy) is 2. The molecule has 0 spiro atoms. The number of aryl methyl sites for hydroxylation is 1. The Labute approximate surface area is 151 Å². The van der Waals surface area contributed by atoms with Crippen molar-refractivity contribution in [2.24, 2.45) is 0 Å². The highest BCUT2D eigenvalue weighted by atomic mass is 16.5. The zero-order valence-electron chi connectivity index (χ0n) is 15.7. The highest BCUT2D eigenvalue weighted by molar-refractivity contribution is 5.74. The molecule has 0 aliphatic carbocycles. The lowest BCUT2D eigenvalue weighted by Gasteiger charge is -2.06. The first kappa shape index (κ1) is 21.2. The van der Waals surface area contributed by atoms with E-state index in [1.807, 2.05) is 25.1 Å².